The molecule has 0 aliphatic heterocycles. The summed E-state index contributed by atoms with van der Waals surface area (Å²) in [5.74, 6) is 0.505. The summed E-state index contributed by atoms with van der Waals surface area (Å²) in [7, 11) is 1.84. The van der Waals surface area contributed by atoms with Gasteiger partial charge in [-0.15, -0.1) is 0 Å². The van der Waals surface area contributed by atoms with Gasteiger partial charge in [0.25, 0.3) is 0 Å². The van der Waals surface area contributed by atoms with Crippen LogP contribution in [0.5, 0.6) is 5.75 Å². The lowest BCUT2D eigenvalue weighted by Crippen LogP contribution is -2.25. The summed E-state index contributed by atoms with van der Waals surface area (Å²) < 4.78 is 22.5. The predicted octanol–water partition coefficient (Wildman–Crippen LogP) is 7.44. The second-order valence-electron chi connectivity index (χ2n) is 10.2. The van der Waals surface area contributed by atoms with E-state index in [0.717, 1.165) is 17.7 Å². The molecule has 2 unspecified atom stereocenters. The summed E-state index contributed by atoms with van der Waals surface area (Å²) in [4.78, 5) is 24.0. The molecule has 0 amide bonds. The van der Waals surface area contributed by atoms with Gasteiger partial charge in [-0.25, -0.2) is 0 Å². The van der Waals surface area contributed by atoms with Crippen LogP contribution in [0.15, 0.2) is 24.3 Å². The lowest BCUT2D eigenvalue weighted by atomic mass is 10.1. The lowest BCUT2D eigenvalue weighted by Gasteiger charge is -2.21. The van der Waals surface area contributed by atoms with E-state index in [2.05, 4.69) is 6.92 Å². The van der Waals surface area contributed by atoms with Crippen LogP contribution >= 0.6 is 8.60 Å². The standard InChI is InChI=1S/C30H54NO6P/c1-5-7-8-9-10-11-12-13-14-15-16-19-23-34-29-21-18-17-20-27(29)25-28(37-30(32)6-2)26-36-38(33)35-24-22-31(3)4/h17-18,20-21,28,33H,5-16,19,22-26H2,1-4H3. The molecular formula is C30H54NO6P. The third-order valence-electron chi connectivity index (χ3n) is 6.37. The van der Waals surface area contributed by atoms with Crippen LogP contribution in [0.4, 0.5) is 0 Å². The number of hydrogen-bond acceptors (Lipinski definition) is 7. The van der Waals surface area contributed by atoms with Crippen molar-refractivity contribution in [1.29, 1.82) is 0 Å². The molecule has 0 aliphatic carbocycles. The maximum atomic E-state index is 12.0. The third-order valence-corrected chi connectivity index (χ3v) is 7.15. The van der Waals surface area contributed by atoms with E-state index in [4.69, 9.17) is 18.5 Å². The summed E-state index contributed by atoms with van der Waals surface area (Å²) in [6.45, 7) is 5.80. The van der Waals surface area contributed by atoms with Gasteiger partial charge in [0.1, 0.15) is 11.9 Å². The number of ether oxygens (including phenoxy) is 2. The van der Waals surface area contributed by atoms with Crippen molar-refractivity contribution in [2.45, 2.75) is 110 Å². The van der Waals surface area contributed by atoms with Crippen LogP contribution in [0, 0.1) is 0 Å². The van der Waals surface area contributed by atoms with E-state index in [1.54, 1.807) is 6.92 Å². The molecule has 0 saturated heterocycles. The number of likely N-dealkylation sites (N-methyl/N-ethyl adjacent to an activating group) is 1. The molecule has 0 saturated carbocycles. The number of carbonyl (C=O) groups excluding carboxylic acids is 1. The zero-order chi connectivity index (χ0) is 27.8. The Labute approximate surface area is 233 Å². The number of unbranched alkanes of at least 4 members (excludes halogenated alkanes) is 11. The van der Waals surface area contributed by atoms with Crippen LogP contribution in [0.1, 0.15) is 103 Å². The molecular weight excluding hydrogens is 501 g/mol. The van der Waals surface area contributed by atoms with Crippen molar-refractivity contribution in [3.63, 3.8) is 0 Å². The van der Waals surface area contributed by atoms with Gasteiger partial charge < -0.3 is 28.3 Å². The van der Waals surface area contributed by atoms with Crippen LogP contribution in [0.2, 0.25) is 0 Å². The Kier molecular flexibility index (Phi) is 21.6. The number of para-hydroxylation sites is 1. The highest BCUT2D eigenvalue weighted by molar-refractivity contribution is 7.40. The Morgan fingerprint density at radius 2 is 1.47 bits per heavy atom. The smallest absolute Gasteiger partial charge is 0.330 e. The first-order chi connectivity index (χ1) is 18.5. The minimum atomic E-state index is -2.03. The number of hydrogen-bond donors (Lipinski definition) is 1. The Morgan fingerprint density at radius 3 is 2.08 bits per heavy atom. The Hall–Kier alpha value is -1.24. The van der Waals surface area contributed by atoms with E-state index < -0.39 is 14.7 Å². The number of benzene rings is 1. The van der Waals surface area contributed by atoms with Crippen LogP contribution in [0.25, 0.3) is 0 Å². The van der Waals surface area contributed by atoms with E-state index in [1.165, 1.54) is 70.6 Å². The molecule has 7 nitrogen and oxygen atoms in total. The molecule has 0 spiro atoms. The number of esters is 1. The van der Waals surface area contributed by atoms with Gasteiger partial charge in [-0.1, -0.05) is 103 Å². The molecule has 38 heavy (non-hydrogen) atoms. The maximum Gasteiger partial charge on any atom is 0.330 e. The van der Waals surface area contributed by atoms with Gasteiger partial charge in [0.05, 0.1) is 19.8 Å². The van der Waals surface area contributed by atoms with Crippen molar-refractivity contribution < 1.29 is 28.2 Å². The van der Waals surface area contributed by atoms with Gasteiger partial charge in [0.2, 0.25) is 0 Å². The molecule has 8 heteroatoms. The normalized spacial score (nSPS) is 13.0. The predicted molar refractivity (Wildman–Crippen MR) is 156 cm³/mol. The van der Waals surface area contributed by atoms with Crippen molar-refractivity contribution >= 4 is 14.6 Å². The summed E-state index contributed by atoms with van der Waals surface area (Å²) in [6, 6.07) is 7.85. The Balaban J connectivity index is 2.37. The van der Waals surface area contributed by atoms with Crippen molar-refractivity contribution in [1.82, 2.24) is 4.90 Å². The van der Waals surface area contributed by atoms with E-state index in [-0.39, 0.29) is 19.0 Å². The molecule has 0 radical (unpaired) electrons. The minimum Gasteiger partial charge on any atom is -0.493 e. The maximum absolute atomic E-state index is 12.0. The molecule has 220 valence electrons. The van der Waals surface area contributed by atoms with E-state index in [1.807, 2.05) is 43.3 Å². The first-order valence-corrected chi connectivity index (χ1v) is 15.9. The summed E-state index contributed by atoms with van der Waals surface area (Å²) in [5, 5.41) is 0. The molecule has 1 aromatic rings. The highest BCUT2D eigenvalue weighted by atomic mass is 31.2. The van der Waals surface area contributed by atoms with Gasteiger partial charge in [-0.05, 0) is 32.1 Å². The summed E-state index contributed by atoms with van der Waals surface area (Å²) in [6.07, 6.45) is 15.9. The van der Waals surface area contributed by atoms with Gasteiger partial charge in [0.15, 0.2) is 0 Å². The van der Waals surface area contributed by atoms with Crippen molar-refractivity contribution in [2.24, 2.45) is 0 Å². The molecule has 2 atom stereocenters. The molecule has 0 bridgehead atoms. The van der Waals surface area contributed by atoms with E-state index in [0.29, 0.717) is 26.2 Å². The fourth-order valence-corrected chi connectivity index (χ4v) is 4.68. The number of rotatable bonds is 25. The van der Waals surface area contributed by atoms with Gasteiger partial charge in [-0.2, -0.15) is 0 Å². The van der Waals surface area contributed by atoms with E-state index >= 15 is 0 Å². The molecule has 0 heterocycles. The molecule has 1 N–H and O–H groups in total. The van der Waals surface area contributed by atoms with Gasteiger partial charge >= 0.3 is 14.6 Å². The van der Waals surface area contributed by atoms with Gasteiger partial charge in [-0.3, -0.25) is 4.79 Å². The SMILES string of the molecule is CCCCCCCCCCCCCCOc1ccccc1CC(COP(O)OCCN(C)C)OC(=O)CC. The molecule has 0 aliphatic rings. The van der Waals surface area contributed by atoms with E-state index in [9.17, 15) is 9.69 Å². The van der Waals surface area contributed by atoms with Crippen LogP contribution in [-0.4, -0.2) is 62.3 Å². The average molecular weight is 556 g/mol. The largest absolute Gasteiger partial charge is 0.493 e. The summed E-state index contributed by atoms with van der Waals surface area (Å²) >= 11 is 0. The molecule has 0 fully saturated rings. The average Bonchev–Trinajstić information content (AvgIpc) is 2.90. The van der Waals surface area contributed by atoms with Crippen LogP contribution in [0.3, 0.4) is 0 Å². The van der Waals surface area contributed by atoms with Crippen LogP contribution in [-0.2, 0) is 25.0 Å². The zero-order valence-corrected chi connectivity index (χ0v) is 25.4. The van der Waals surface area contributed by atoms with Gasteiger partial charge in [0, 0.05) is 19.4 Å². The Morgan fingerprint density at radius 1 is 0.868 bits per heavy atom. The van der Waals surface area contributed by atoms with Crippen molar-refractivity contribution in [3.05, 3.63) is 29.8 Å². The quantitative estimate of drug-likeness (QED) is 0.0763. The molecule has 0 aromatic heterocycles. The number of carbonyl (C=O) groups is 1. The van der Waals surface area contributed by atoms with Crippen molar-refractivity contribution in [2.75, 3.05) is 40.5 Å². The first-order valence-electron chi connectivity index (χ1n) is 14.8. The third kappa shape index (κ3) is 18.9. The lowest BCUT2D eigenvalue weighted by molar-refractivity contribution is -0.150. The number of nitrogens with zero attached hydrogens (tertiary/aromatic N) is 1. The summed E-state index contributed by atoms with van der Waals surface area (Å²) in [5.41, 5.74) is 0.958. The van der Waals surface area contributed by atoms with Crippen LogP contribution < -0.4 is 4.74 Å². The monoisotopic (exact) mass is 555 g/mol. The highest BCUT2D eigenvalue weighted by Crippen LogP contribution is 2.33. The minimum absolute atomic E-state index is 0.0585. The first kappa shape index (κ1) is 34.8. The fraction of sp³-hybridized carbons (Fsp3) is 0.767. The van der Waals surface area contributed by atoms with Crippen molar-refractivity contribution in [3.8, 4) is 5.75 Å². The zero-order valence-electron chi connectivity index (χ0n) is 24.5. The topological polar surface area (TPSA) is 77.5 Å². The second-order valence-corrected chi connectivity index (χ2v) is 11.2. The Bertz CT molecular complexity index is 705. The molecule has 1 rings (SSSR count). The highest BCUT2D eigenvalue weighted by Gasteiger charge is 2.20. The fourth-order valence-electron chi connectivity index (χ4n) is 4.07. The molecule has 1 aromatic carbocycles. The second kappa shape index (κ2) is 23.6.